The summed E-state index contributed by atoms with van der Waals surface area (Å²) in [7, 11) is 0. The van der Waals surface area contributed by atoms with Crippen LogP contribution in [0.15, 0.2) is 23.1 Å². The van der Waals surface area contributed by atoms with Gasteiger partial charge in [0.1, 0.15) is 5.65 Å². The number of rotatable bonds is 3. The Labute approximate surface area is 103 Å². The number of nitrogens with two attached hydrogens (primary N) is 1. The van der Waals surface area contributed by atoms with E-state index < -0.39 is 0 Å². The van der Waals surface area contributed by atoms with E-state index in [4.69, 9.17) is 5.73 Å². The first kappa shape index (κ1) is 11.0. The highest BCUT2D eigenvalue weighted by Gasteiger charge is 2.12. The van der Waals surface area contributed by atoms with E-state index >= 15 is 0 Å². The highest BCUT2D eigenvalue weighted by molar-refractivity contribution is 5.79. The lowest BCUT2D eigenvalue weighted by Crippen LogP contribution is -2.25. The molecule has 94 valence electrons. The lowest BCUT2D eigenvalue weighted by molar-refractivity contribution is 0.584. The maximum atomic E-state index is 11.8. The van der Waals surface area contributed by atoms with Gasteiger partial charge >= 0.3 is 0 Å². The predicted molar refractivity (Wildman–Crippen MR) is 70.1 cm³/mol. The first-order valence-electron chi connectivity index (χ1n) is 6.00. The van der Waals surface area contributed by atoms with E-state index in [2.05, 4.69) is 32.4 Å². The van der Waals surface area contributed by atoms with Crippen LogP contribution in [-0.4, -0.2) is 21.0 Å². The number of aromatic amines is 2. The number of H-pyrrole nitrogens is 2. The summed E-state index contributed by atoms with van der Waals surface area (Å²) >= 11 is 0. The molecule has 0 fully saturated rings. The van der Waals surface area contributed by atoms with Crippen molar-refractivity contribution < 1.29 is 0 Å². The summed E-state index contributed by atoms with van der Waals surface area (Å²) in [5.74, 6) is 0.132. The number of hydrogen-bond donors (Lipinski definition) is 4. The summed E-state index contributed by atoms with van der Waals surface area (Å²) < 4.78 is 0. The van der Waals surface area contributed by atoms with Crippen molar-refractivity contribution in [3.8, 4) is 0 Å². The normalized spacial score (nSPS) is 18.8. The molecule has 0 aliphatic heterocycles. The van der Waals surface area contributed by atoms with Crippen molar-refractivity contribution in [2.45, 2.75) is 25.4 Å². The zero-order valence-electron chi connectivity index (χ0n) is 9.86. The van der Waals surface area contributed by atoms with E-state index in [1.807, 2.05) is 0 Å². The molecular formula is C12H15N5O. The van der Waals surface area contributed by atoms with E-state index in [0.717, 1.165) is 18.4 Å². The molecule has 1 aliphatic rings. The van der Waals surface area contributed by atoms with Gasteiger partial charge in [0.15, 0.2) is 0 Å². The molecule has 0 radical (unpaired) electrons. The molecule has 5 N–H and O–H groups in total. The molecule has 0 aromatic carbocycles. The summed E-state index contributed by atoms with van der Waals surface area (Å²) in [6, 6.07) is 0.399. The summed E-state index contributed by atoms with van der Waals surface area (Å²) in [6.07, 6.45) is 8.36. The molecule has 1 aliphatic carbocycles. The maximum absolute atomic E-state index is 11.8. The van der Waals surface area contributed by atoms with Crippen molar-refractivity contribution in [1.82, 2.24) is 20.3 Å². The highest BCUT2D eigenvalue weighted by Crippen LogP contribution is 2.14. The molecule has 0 saturated carbocycles. The number of fused-ring (bicyclic) bond motifs is 1. The zero-order chi connectivity index (χ0) is 12.5. The third kappa shape index (κ3) is 1.91. The first-order valence-corrected chi connectivity index (χ1v) is 6.00. The fourth-order valence-electron chi connectivity index (χ4n) is 2.30. The van der Waals surface area contributed by atoms with Gasteiger partial charge in [-0.2, -0.15) is 4.98 Å². The van der Waals surface area contributed by atoms with Crippen molar-refractivity contribution >= 4 is 17.0 Å². The number of nitrogens with one attached hydrogen (secondary N) is 3. The molecule has 1 unspecified atom stereocenters. The van der Waals surface area contributed by atoms with Gasteiger partial charge in [-0.1, -0.05) is 12.2 Å². The Morgan fingerprint density at radius 2 is 2.44 bits per heavy atom. The van der Waals surface area contributed by atoms with Gasteiger partial charge in [0.05, 0.1) is 5.39 Å². The Morgan fingerprint density at radius 1 is 1.56 bits per heavy atom. The van der Waals surface area contributed by atoms with E-state index in [1.54, 1.807) is 6.20 Å². The highest BCUT2D eigenvalue weighted by atomic mass is 16.1. The second-order valence-electron chi connectivity index (χ2n) is 4.48. The minimum absolute atomic E-state index is 0.132. The molecule has 0 bridgehead atoms. The first-order chi connectivity index (χ1) is 8.74. The molecule has 2 aromatic heterocycles. The Kier molecular flexibility index (Phi) is 2.64. The number of nitrogens with zero attached hydrogens (tertiary/aromatic N) is 1. The quantitative estimate of drug-likeness (QED) is 0.596. The molecule has 0 saturated heterocycles. The van der Waals surface area contributed by atoms with Crippen molar-refractivity contribution in [3.05, 3.63) is 34.3 Å². The van der Waals surface area contributed by atoms with Gasteiger partial charge in [0.2, 0.25) is 5.95 Å². The summed E-state index contributed by atoms with van der Waals surface area (Å²) in [6.45, 7) is 0.643. The fraction of sp³-hybridized carbons (Fsp3) is 0.333. The number of allylic oxidation sites excluding steroid dienone is 1. The Morgan fingerprint density at radius 3 is 3.22 bits per heavy atom. The monoisotopic (exact) mass is 245 g/mol. The van der Waals surface area contributed by atoms with Gasteiger partial charge in [-0.25, -0.2) is 0 Å². The smallest absolute Gasteiger partial charge is 0.262 e. The summed E-state index contributed by atoms with van der Waals surface area (Å²) in [4.78, 5) is 21.4. The van der Waals surface area contributed by atoms with Gasteiger partial charge in [0, 0.05) is 18.8 Å². The van der Waals surface area contributed by atoms with Crippen LogP contribution in [0.4, 0.5) is 5.95 Å². The van der Waals surface area contributed by atoms with Crippen LogP contribution < -0.4 is 16.6 Å². The lowest BCUT2D eigenvalue weighted by atomic mass is 10.2. The number of anilines is 1. The third-order valence-electron chi connectivity index (χ3n) is 3.21. The van der Waals surface area contributed by atoms with E-state index in [0.29, 0.717) is 23.6 Å². The van der Waals surface area contributed by atoms with E-state index in [1.165, 1.54) is 0 Å². The van der Waals surface area contributed by atoms with Crippen molar-refractivity contribution in [3.63, 3.8) is 0 Å². The van der Waals surface area contributed by atoms with Gasteiger partial charge in [-0.3, -0.25) is 9.78 Å². The van der Waals surface area contributed by atoms with Crippen LogP contribution in [0, 0.1) is 0 Å². The van der Waals surface area contributed by atoms with Crippen LogP contribution >= 0.6 is 0 Å². The zero-order valence-corrected chi connectivity index (χ0v) is 9.86. The molecular weight excluding hydrogens is 230 g/mol. The van der Waals surface area contributed by atoms with Crippen molar-refractivity contribution in [1.29, 1.82) is 0 Å². The molecule has 0 amide bonds. The fourth-order valence-corrected chi connectivity index (χ4v) is 2.30. The maximum Gasteiger partial charge on any atom is 0.262 e. The summed E-state index contributed by atoms with van der Waals surface area (Å²) in [5.41, 5.74) is 6.75. The Bertz CT molecular complexity index is 654. The Hall–Kier alpha value is -2.08. The number of aromatic nitrogens is 3. The molecule has 2 aromatic rings. The third-order valence-corrected chi connectivity index (χ3v) is 3.21. The SMILES string of the molecule is Nc1nc2[nH]cc(CNC3C=CCC3)c2c(=O)[nH]1. The topological polar surface area (TPSA) is 99.6 Å². The number of hydrogen-bond acceptors (Lipinski definition) is 4. The minimum Gasteiger partial charge on any atom is -0.369 e. The van der Waals surface area contributed by atoms with Crippen LogP contribution in [0.1, 0.15) is 18.4 Å². The Balaban J connectivity index is 1.88. The molecule has 6 nitrogen and oxygen atoms in total. The average molecular weight is 245 g/mol. The molecule has 3 rings (SSSR count). The molecule has 2 heterocycles. The average Bonchev–Trinajstić information content (AvgIpc) is 2.94. The second kappa shape index (κ2) is 4.30. The standard InChI is InChI=1S/C12H15N5O/c13-12-16-10-9(11(18)17-12)7(6-15-10)5-14-8-3-1-2-4-8/h1,3,6,8,14H,2,4-5H2,(H4,13,15,16,17,18). The van der Waals surface area contributed by atoms with E-state index in [-0.39, 0.29) is 11.5 Å². The van der Waals surface area contributed by atoms with Crippen LogP contribution in [0.5, 0.6) is 0 Å². The molecule has 1 atom stereocenters. The van der Waals surface area contributed by atoms with Gasteiger partial charge in [0.25, 0.3) is 5.56 Å². The van der Waals surface area contributed by atoms with Crippen LogP contribution in [0.2, 0.25) is 0 Å². The largest absolute Gasteiger partial charge is 0.369 e. The lowest BCUT2D eigenvalue weighted by Gasteiger charge is -2.09. The molecule has 6 heteroatoms. The second-order valence-corrected chi connectivity index (χ2v) is 4.48. The number of nitrogen functional groups attached to an aromatic ring is 1. The van der Waals surface area contributed by atoms with Crippen molar-refractivity contribution in [2.75, 3.05) is 5.73 Å². The van der Waals surface area contributed by atoms with Crippen LogP contribution in [0.3, 0.4) is 0 Å². The predicted octanol–water partition coefficient (Wildman–Crippen LogP) is 0.642. The van der Waals surface area contributed by atoms with Gasteiger partial charge < -0.3 is 16.0 Å². The van der Waals surface area contributed by atoms with Crippen LogP contribution in [-0.2, 0) is 6.54 Å². The minimum atomic E-state index is -0.197. The van der Waals surface area contributed by atoms with Gasteiger partial charge in [-0.05, 0) is 18.4 Å². The van der Waals surface area contributed by atoms with Crippen LogP contribution in [0.25, 0.3) is 11.0 Å². The summed E-state index contributed by atoms with van der Waals surface area (Å²) in [5, 5.41) is 3.98. The van der Waals surface area contributed by atoms with E-state index in [9.17, 15) is 4.79 Å². The molecule has 18 heavy (non-hydrogen) atoms. The van der Waals surface area contributed by atoms with Gasteiger partial charge in [-0.15, -0.1) is 0 Å². The molecule has 0 spiro atoms. The van der Waals surface area contributed by atoms with Crippen molar-refractivity contribution in [2.24, 2.45) is 0 Å².